The number of likely N-dealkylation sites (tertiary alicyclic amines) is 1. The van der Waals surface area contributed by atoms with E-state index in [0.29, 0.717) is 13.0 Å². The maximum atomic E-state index is 12.7. The minimum atomic E-state index is -0.390. The third-order valence-electron chi connectivity index (χ3n) is 4.38. The summed E-state index contributed by atoms with van der Waals surface area (Å²) in [5, 5.41) is 1.18. The first-order valence-electron chi connectivity index (χ1n) is 7.08. The molecule has 0 aliphatic carbocycles. The zero-order valence-electron chi connectivity index (χ0n) is 11.5. The largest absolute Gasteiger partial charge is 0.277 e. The van der Waals surface area contributed by atoms with E-state index in [4.69, 9.17) is 0 Å². The van der Waals surface area contributed by atoms with E-state index in [2.05, 4.69) is 18.2 Å². The lowest BCUT2D eigenvalue weighted by molar-refractivity contribution is -0.141. The fourth-order valence-corrected chi connectivity index (χ4v) is 5.70. The van der Waals surface area contributed by atoms with Crippen LogP contribution in [0.1, 0.15) is 17.7 Å². The summed E-state index contributed by atoms with van der Waals surface area (Å²) >= 11 is 3.46. The van der Waals surface area contributed by atoms with E-state index >= 15 is 0 Å². The van der Waals surface area contributed by atoms with Gasteiger partial charge in [-0.1, -0.05) is 18.2 Å². The van der Waals surface area contributed by atoms with Gasteiger partial charge in [0, 0.05) is 21.8 Å². The average molecular weight is 317 g/mol. The molecule has 3 heterocycles. The summed E-state index contributed by atoms with van der Waals surface area (Å²) in [5.74, 6) is 1.85. The highest BCUT2D eigenvalue weighted by Crippen LogP contribution is 2.45. The Morgan fingerprint density at radius 3 is 2.86 bits per heavy atom. The van der Waals surface area contributed by atoms with Crippen LogP contribution in [-0.4, -0.2) is 28.2 Å². The summed E-state index contributed by atoms with van der Waals surface area (Å²) in [4.78, 5) is 27.5. The molecule has 2 saturated heterocycles. The van der Waals surface area contributed by atoms with Gasteiger partial charge in [-0.25, -0.2) is 0 Å². The highest BCUT2D eigenvalue weighted by atomic mass is 32.2. The number of rotatable bonds is 2. The number of thioether (sulfide) groups is 1. The number of benzene rings is 1. The Balaban J connectivity index is 1.61. The van der Waals surface area contributed by atoms with Crippen LogP contribution in [0.2, 0.25) is 0 Å². The van der Waals surface area contributed by atoms with Gasteiger partial charge in [0.2, 0.25) is 11.8 Å². The lowest BCUT2D eigenvalue weighted by Crippen LogP contribution is -2.35. The summed E-state index contributed by atoms with van der Waals surface area (Å²) < 4.78 is 1.21. The van der Waals surface area contributed by atoms with Gasteiger partial charge in [-0.3, -0.25) is 14.5 Å². The number of fused-ring (bicyclic) bond motifs is 1. The Labute approximate surface area is 131 Å². The summed E-state index contributed by atoms with van der Waals surface area (Å²) in [6, 6.07) is 10.3. The van der Waals surface area contributed by atoms with Gasteiger partial charge in [0.05, 0.1) is 12.0 Å². The number of nitrogens with zero attached hydrogens (tertiary/aromatic N) is 1. The number of imide groups is 1. The topological polar surface area (TPSA) is 37.4 Å². The molecule has 5 heteroatoms. The normalized spacial score (nSPS) is 25.6. The van der Waals surface area contributed by atoms with Crippen molar-refractivity contribution in [3.63, 3.8) is 0 Å². The number of amides is 2. The van der Waals surface area contributed by atoms with Gasteiger partial charge < -0.3 is 0 Å². The summed E-state index contributed by atoms with van der Waals surface area (Å²) in [6.45, 7) is 0.434. The quantitative estimate of drug-likeness (QED) is 0.798. The first kappa shape index (κ1) is 13.3. The van der Waals surface area contributed by atoms with Crippen LogP contribution in [-0.2, 0) is 16.1 Å². The molecule has 108 valence electrons. The lowest BCUT2D eigenvalue weighted by atomic mass is 9.86. The van der Waals surface area contributed by atoms with E-state index in [0.717, 1.165) is 22.8 Å². The first-order valence-corrected chi connectivity index (χ1v) is 9.05. The van der Waals surface area contributed by atoms with Crippen LogP contribution in [0, 0.1) is 5.41 Å². The zero-order chi connectivity index (χ0) is 14.4. The molecule has 1 unspecified atom stereocenters. The van der Waals surface area contributed by atoms with Gasteiger partial charge in [0.25, 0.3) is 0 Å². The Morgan fingerprint density at radius 1 is 1.24 bits per heavy atom. The molecule has 0 radical (unpaired) electrons. The van der Waals surface area contributed by atoms with Gasteiger partial charge in [-0.2, -0.15) is 11.8 Å². The maximum Gasteiger partial charge on any atom is 0.237 e. The molecule has 2 fully saturated rings. The van der Waals surface area contributed by atoms with Crippen LogP contribution in [0.5, 0.6) is 0 Å². The van der Waals surface area contributed by atoms with Gasteiger partial charge in [0.1, 0.15) is 0 Å². The summed E-state index contributed by atoms with van der Waals surface area (Å²) in [6.07, 6.45) is 1.26. The number of hydrogen-bond acceptors (Lipinski definition) is 4. The monoisotopic (exact) mass is 317 g/mol. The second kappa shape index (κ2) is 4.85. The van der Waals surface area contributed by atoms with Crippen molar-refractivity contribution < 1.29 is 9.59 Å². The highest BCUT2D eigenvalue weighted by Gasteiger charge is 2.52. The predicted molar refractivity (Wildman–Crippen MR) is 86.4 cm³/mol. The Hall–Kier alpha value is -1.33. The molecule has 0 bridgehead atoms. The summed E-state index contributed by atoms with van der Waals surface area (Å²) in [7, 11) is 0. The van der Waals surface area contributed by atoms with Crippen molar-refractivity contribution in [2.24, 2.45) is 5.41 Å². The molecule has 1 aromatic carbocycles. The standard InChI is InChI=1S/C16H15NO2S2/c18-14-8-16(5-6-20-10-16)15(19)17(14)9-12-7-11-3-1-2-4-13(11)21-12/h1-4,7H,5-6,8-10H2. The third kappa shape index (κ3) is 2.10. The number of hydrogen-bond donors (Lipinski definition) is 0. The van der Waals surface area contributed by atoms with Crippen molar-refractivity contribution in [2.75, 3.05) is 11.5 Å². The molecule has 1 spiro atoms. The molecular weight excluding hydrogens is 302 g/mol. The van der Waals surface area contributed by atoms with Crippen molar-refractivity contribution in [1.82, 2.24) is 4.90 Å². The molecular formula is C16H15NO2S2. The van der Waals surface area contributed by atoms with Crippen molar-refractivity contribution in [3.05, 3.63) is 35.2 Å². The minimum absolute atomic E-state index is 0.0000406. The maximum absolute atomic E-state index is 12.7. The molecule has 2 aliphatic rings. The second-order valence-corrected chi connectivity index (χ2v) is 8.07. The second-order valence-electron chi connectivity index (χ2n) is 5.80. The molecule has 1 aromatic heterocycles. The SMILES string of the molecule is O=C1CC2(CCSC2)C(=O)N1Cc1cc2ccccc2s1. The number of thiophene rings is 1. The fourth-order valence-electron chi connectivity index (χ4n) is 3.21. The van der Waals surface area contributed by atoms with Gasteiger partial charge in [-0.05, 0) is 29.7 Å². The van der Waals surface area contributed by atoms with Crippen LogP contribution in [0.25, 0.3) is 10.1 Å². The van der Waals surface area contributed by atoms with Crippen LogP contribution < -0.4 is 0 Å². The van der Waals surface area contributed by atoms with Crippen LogP contribution in [0.4, 0.5) is 0 Å². The molecule has 2 amide bonds. The number of carbonyl (C=O) groups excluding carboxylic acids is 2. The predicted octanol–water partition coefficient (Wildman–Crippen LogP) is 3.28. The van der Waals surface area contributed by atoms with Crippen LogP contribution in [0.15, 0.2) is 30.3 Å². The fraction of sp³-hybridized carbons (Fsp3) is 0.375. The lowest BCUT2D eigenvalue weighted by Gasteiger charge is -2.19. The van der Waals surface area contributed by atoms with Crippen molar-refractivity contribution >= 4 is 45.0 Å². The van der Waals surface area contributed by atoms with Crippen molar-refractivity contribution in [1.29, 1.82) is 0 Å². The number of carbonyl (C=O) groups is 2. The minimum Gasteiger partial charge on any atom is -0.277 e. The van der Waals surface area contributed by atoms with Crippen molar-refractivity contribution in [2.45, 2.75) is 19.4 Å². The molecule has 3 nitrogen and oxygen atoms in total. The molecule has 1 atom stereocenters. The van der Waals surface area contributed by atoms with Crippen molar-refractivity contribution in [3.8, 4) is 0 Å². The average Bonchev–Trinajstić information content (AvgIpc) is 3.14. The molecule has 0 saturated carbocycles. The smallest absolute Gasteiger partial charge is 0.237 e. The molecule has 21 heavy (non-hydrogen) atoms. The van der Waals surface area contributed by atoms with Gasteiger partial charge >= 0.3 is 0 Å². The van der Waals surface area contributed by atoms with Gasteiger partial charge in [-0.15, -0.1) is 11.3 Å². The zero-order valence-corrected chi connectivity index (χ0v) is 13.1. The molecule has 0 N–H and O–H groups in total. The van der Waals surface area contributed by atoms with Crippen LogP contribution in [0.3, 0.4) is 0 Å². The van der Waals surface area contributed by atoms with Crippen LogP contribution >= 0.6 is 23.1 Å². The van der Waals surface area contributed by atoms with E-state index in [9.17, 15) is 9.59 Å². The molecule has 4 rings (SSSR count). The third-order valence-corrected chi connectivity index (χ3v) is 6.73. The summed E-state index contributed by atoms with van der Waals surface area (Å²) in [5.41, 5.74) is -0.390. The Morgan fingerprint density at radius 2 is 2.10 bits per heavy atom. The Kier molecular flexibility index (Phi) is 3.08. The van der Waals surface area contributed by atoms with E-state index in [1.165, 1.54) is 15.0 Å². The highest BCUT2D eigenvalue weighted by molar-refractivity contribution is 7.99. The first-order chi connectivity index (χ1) is 10.2. The molecule has 2 aliphatic heterocycles. The van der Waals surface area contributed by atoms with Gasteiger partial charge in [0.15, 0.2) is 0 Å². The van der Waals surface area contributed by atoms with E-state index < -0.39 is 5.41 Å². The Bertz CT molecular complexity index is 698. The van der Waals surface area contributed by atoms with E-state index in [-0.39, 0.29) is 11.8 Å². The molecule has 2 aromatic rings. The van der Waals surface area contributed by atoms with E-state index in [1.54, 1.807) is 23.1 Å². The van der Waals surface area contributed by atoms with E-state index in [1.807, 2.05) is 12.1 Å².